The van der Waals surface area contributed by atoms with E-state index in [2.05, 4.69) is 20.5 Å². The molecule has 3 heterocycles. The van der Waals surface area contributed by atoms with E-state index in [1.807, 2.05) is 6.07 Å². The highest BCUT2D eigenvalue weighted by atomic mass is 32.1. The average Bonchev–Trinajstić information content (AvgIpc) is 3.42. The lowest BCUT2D eigenvalue weighted by Gasteiger charge is -2.10. The Kier molecular flexibility index (Phi) is 4.88. The second kappa shape index (κ2) is 7.83. The van der Waals surface area contributed by atoms with Crippen molar-refractivity contribution in [1.29, 1.82) is 0 Å². The molecule has 0 bridgehead atoms. The fraction of sp³-hybridized carbons (Fsp3) is 0.286. The van der Waals surface area contributed by atoms with Crippen molar-refractivity contribution in [3.05, 3.63) is 57.8 Å². The maximum Gasteiger partial charge on any atom is 0.262 e. The Morgan fingerprint density at radius 3 is 3.03 bits per heavy atom. The molecule has 1 aromatic carbocycles. The van der Waals surface area contributed by atoms with Crippen molar-refractivity contribution in [1.82, 2.24) is 19.7 Å². The minimum atomic E-state index is -0.183. The summed E-state index contributed by atoms with van der Waals surface area (Å²) in [5.41, 5.74) is 2.46. The number of hydrogen-bond donors (Lipinski definition) is 1. The van der Waals surface area contributed by atoms with E-state index >= 15 is 0 Å². The van der Waals surface area contributed by atoms with Crippen LogP contribution in [0.5, 0.6) is 0 Å². The molecule has 0 aliphatic heterocycles. The fourth-order valence-electron chi connectivity index (χ4n) is 3.81. The van der Waals surface area contributed by atoms with Crippen LogP contribution >= 0.6 is 11.3 Å². The number of hydrogen-bond acceptors (Lipinski definition) is 7. The zero-order chi connectivity index (χ0) is 20.5. The number of rotatable bonds is 5. The van der Waals surface area contributed by atoms with Crippen molar-refractivity contribution < 1.29 is 9.21 Å². The van der Waals surface area contributed by atoms with Gasteiger partial charge in [0.2, 0.25) is 18.2 Å². The van der Waals surface area contributed by atoms with Gasteiger partial charge in [0.15, 0.2) is 0 Å². The molecule has 1 aliphatic carbocycles. The molecule has 0 saturated heterocycles. The van der Waals surface area contributed by atoms with E-state index in [0.29, 0.717) is 11.6 Å². The number of nitrogens with zero attached hydrogens (tertiary/aromatic N) is 4. The van der Waals surface area contributed by atoms with Crippen molar-refractivity contribution in [2.75, 3.05) is 5.32 Å². The smallest absolute Gasteiger partial charge is 0.262 e. The van der Waals surface area contributed by atoms with Crippen molar-refractivity contribution in [3.8, 4) is 11.5 Å². The number of benzene rings is 1. The van der Waals surface area contributed by atoms with Crippen molar-refractivity contribution in [3.63, 3.8) is 0 Å². The Labute approximate surface area is 175 Å². The lowest BCUT2D eigenvalue weighted by Crippen LogP contribution is -2.24. The molecule has 0 atom stereocenters. The minimum absolute atomic E-state index is 0.0504. The molecule has 30 heavy (non-hydrogen) atoms. The van der Waals surface area contributed by atoms with Gasteiger partial charge in [-0.15, -0.1) is 21.5 Å². The molecule has 1 aliphatic rings. The SMILES string of the molecule is O=C(CCn1cnc2sc3c(c2c1=O)CCCC3)Nc1cccc(-c2nnco2)c1. The second-order valence-electron chi connectivity index (χ2n) is 7.26. The van der Waals surface area contributed by atoms with Gasteiger partial charge in [-0.2, -0.15) is 0 Å². The first-order valence-electron chi connectivity index (χ1n) is 9.85. The van der Waals surface area contributed by atoms with Gasteiger partial charge in [-0.05, 0) is 49.4 Å². The molecular weight excluding hydrogens is 402 g/mol. The lowest BCUT2D eigenvalue weighted by atomic mass is 9.97. The normalized spacial score (nSPS) is 13.3. The Morgan fingerprint density at radius 2 is 2.17 bits per heavy atom. The molecule has 0 spiro atoms. The number of anilines is 1. The standard InChI is InChI=1S/C21H19N5O3S/c27-17(24-14-5-3-4-13(10-14)19-25-23-12-29-19)8-9-26-11-22-20-18(21(26)28)15-6-1-2-7-16(15)30-20/h3-5,10-12H,1-2,6-9H2,(H,24,27). The number of nitrogens with one attached hydrogen (secondary N) is 1. The average molecular weight is 421 g/mol. The Bertz CT molecular complexity index is 1280. The molecule has 1 N–H and O–H groups in total. The molecule has 0 radical (unpaired) electrons. The number of carbonyl (C=O) groups is 1. The third-order valence-electron chi connectivity index (χ3n) is 5.27. The summed E-state index contributed by atoms with van der Waals surface area (Å²) in [6.45, 7) is 0.279. The van der Waals surface area contributed by atoms with E-state index in [9.17, 15) is 9.59 Å². The summed E-state index contributed by atoms with van der Waals surface area (Å²) in [6.07, 6.45) is 7.22. The molecule has 9 heteroatoms. The molecule has 0 saturated carbocycles. The molecule has 5 rings (SSSR count). The molecule has 8 nitrogen and oxygen atoms in total. The Hall–Kier alpha value is -3.33. The molecule has 0 unspecified atom stereocenters. The van der Waals surface area contributed by atoms with Gasteiger partial charge in [0.05, 0.1) is 11.7 Å². The molecule has 1 amide bonds. The van der Waals surface area contributed by atoms with Crippen LogP contribution in [0.2, 0.25) is 0 Å². The van der Waals surface area contributed by atoms with Crippen LogP contribution in [0.15, 0.2) is 46.2 Å². The van der Waals surface area contributed by atoms with Gasteiger partial charge in [0, 0.05) is 29.1 Å². The minimum Gasteiger partial charge on any atom is -0.423 e. The first-order chi connectivity index (χ1) is 14.7. The van der Waals surface area contributed by atoms with E-state index in [-0.39, 0.29) is 24.4 Å². The summed E-state index contributed by atoms with van der Waals surface area (Å²) >= 11 is 1.63. The van der Waals surface area contributed by atoms with Crippen LogP contribution in [-0.4, -0.2) is 25.7 Å². The maximum absolute atomic E-state index is 13.0. The number of aromatic nitrogens is 4. The fourth-order valence-corrected chi connectivity index (χ4v) is 5.03. The number of aryl methyl sites for hydroxylation is 3. The zero-order valence-electron chi connectivity index (χ0n) is 16.1. The predicted molar refractivity (Wildman–Crippen MR) is 114 cm³/mol. The van der Waals surface area contributed by atoms with Gasteiger partial charge in [-0.3, -0.25) is 14.2 Å². The van der Waals surface area contributed by atoms with Crippen molar-refractivity contribution >= 4 is 33.1 Å². The van der Waals surface area contributed by atoms with Gasteiger partial charge in [0.1, 0.15) is 4.83 Å². The van der Waals surface area contributed by atoms with Gasteiger partial charge < -0.3 is 9.73 Å². The first kappa shape index (κ1) is 18.7. The van der Waals surface area contributed by atoms with Crippen LogP contribution in [0.1, 0.15) is 29.7 Å². The molecule has 4 aromatic rings. The Balaban J connectivity index is 1.30. The highest BCUT2D eigenvalue weighted by Gasteiger charge is 2.20. The third-order valence-corrected chi connectivity index (χ3v) is 6.47. The van der Waals surface area contributed by atoms with E-state index in [1.165, 1.54) is 17.7 Å². The van der Waals surface area contributed by atoms with Gasteiger partial charge in [0.25, 0.3) is 5.56 Å². The van der Waals surface area contributed by atoms with Crippen LogP contribution in [-0.2, 0) is 24.2 Å². The molecule has 3 aromatic heterocycles. The summed E-state index contributed by atoms with van der Waals surface area (Å²) in [5.74, 6) is 0.202. The summed E-state index contributed by atoms with van der Waals surface area (Å²) in [6, 6.07) is 7.18. The van der Waals surface area contributed by atoms with E-state index in [1.54, 1.807) is 40.4 Å². The van der Waals surface area contributed by atoms with Crippen LogP contribution in [0.3, 0.4) is 0 Å². The molecular formula is C21H19N5O3S. The monoisotopic (exact) mass is 421 g/mol. The topological polar surface area (TPSA) is 103 Å². The quantitative estimate of drug-likeness (QED) is 0.530. The summed E-state index contributed by atoms with van der Waals surface area (Å²) in [7, 11) is 0. The Morgan fingerprint density at radius 1 is 1.27 bits per heavy atom. The van der Waals surface area contributed by atoms with Crippen LogP contribution in [0.4, 0.5) is 5.69 Å². The van der Waals surface area contributed by atoms with Crippen LogP contribution < -0.4 is 10.9 Å². The number of thiophene rings is 1. The highest BCUT2D eigenvalue weighted by Crippen LogP contribution is 2.33. The van der Waals surface area contributed by atoms with Crippen molar-refractivity contribution in [2.24, 2.45) is 0 Å². The van der Waals surface area contributed by atoms with Crippen molar-refractivity contribution in [2.45, 2.75) is 38.6 Å². The van der Waals surface area contributed by atoms with E-state index < -0.39 is 0 Å². The van der Waals surface area contributed by atoms with E-state index in [4.69, 9.17) is 4.42 Å². The second-order valence-corrected chi connectivity index (χ2v) is 8.34. The largest absolute Gasteiger partial charge is 0.423 e. The van der Waals surface area contributed by atoms with Gasteiger partial charge >= 0.3 is 0 Å². The molecule has 152 valence electrons. The lowest BCUT2D eigenvalue weighted by molar-refractivity contribution is -0.116. The van der Waals surface area contributed by atoms with Gasteiger partial charge in [-0.25, -0.2) is 4.98 Å². The molecule has 0 fully saturated rings. The highest BCUT2D eigenvalue weighted by molar-refractivity contribution is 7.18. The summed E-state index contributed by atoms with van der Waals surface area (Å²) in [4.78, 5) is 32.0. The summed E-state index contributed by atoms with van der Waals surface area (Å²) < 4.78 is 6.73. The predicted octanol–water partition coefficient (Wildman–Crippen LogP) is 3.42. The zero-order valence-corrected chi connectivity index (χ0v) is 16.9. The van der Waals surface area contributed by atoms with Crippen LogP contribution in [0, 0.1) is 0 Å². The summed E-state index contributed by atoms with van der Waals surface area (Å²) in [5, 5.41) is 11.1. The number of fused-ring (bicyclic) bond motifs is 3. The first-order valence-corrected chi connectivity index (χ1v) is 10.7. The number of carbonyl (C=O) groups excluding carboxylic acids is 1. The van der Waals surface area contributed by atoms with E-state index in [0.717, 1.165) is 40.6 Å². The van der Waals surface area contributed by atoms with Gasteiger partial charge in [-0.1, -0.05) is 6.07 Å². The number of amides is 1. The maximum atomic E-state index is 13.0. The van der Waals surface area contributed by atoms with Crippen LogP contribution in [0.25, 0.3) is 21.7 Å². The third kappa shape index (κ3) is 3.52.